The molecule has 2 aromatic rings. The predicted molar refractivity (Wildman–Crippen MR) is 80.3 cm³/mol. The third-order valence-corrected chi connectivity index (χ3v) is 4.58. The lowest BCUT2D eigenvalue weighted by molar-refractivity contribution is 0.0693. The van der Waals surface area contributed by atoms with E-state index >= 15 is 0 Å². The van der Waals surface area contributed by atoms with Crippen LogP contribution in [-0.2, 0) is 16.6 Å². The van der Waals surface area contributed by atoms with Crippen molar-refractivity contribution in [3.63, 3.8) is 0 Å². The van der Waals surface area contributed by atoms with E-state index in [1.807, 2.05) is 0 Å². The van der Waals surface area contributed by atoms with Crippen LogP contribution in [0.5, 0.6) is 5.75 Å². The second-order valence-corrected chi connectivity index (χ2v) is 6.49. The number of aromatic carboxylic acids is 1. The van der Waals surface area contributed by atoms with Gasteiger partial charge in [0, 0.05) is 18.2 Å². The predicted octanol–water partition coefficient (Wildman–Crippen LogP) is 2.15. The summed E-state index contributed by atoms with van der Waals surface area (Å²) < 4.78 is 57.8. The zero-order valence-corrected chi connectivity index (χ0v) is 13.2. The smallest absolute Gasteiger partial charge is 0.339 e. The zero-order valence-electron chi connectivity index (χ0n) is 12.4. The van der Waals surface area contributed by atoms with Crippen molar-refractivity contribution in [2.45, 2.75) is 11.4 Å². The number of carbonyl (C=O) groups is 1. The van der Waals surface area contributed by atoms with Gasteiger partial charge in [0.25, 0.3) is 0 Å². The Morgan fingerprint density at radius 1 is 1.21 bits per heavy atom. The van der Waals surface area contributed by atoms with Gasteiger partial charge in [-0.25, -0.2) is 26.7 Å². The molecule has 6 nitrogen and oxygen atoms in total. The molecule has 0 aliphatic carbocycles. The number of methoxy groups -OCH3 is 1. The molecule has 0 aromatic heterocycles. The monoisotopic (exact) mass is 357 g/mol. The molecule has 0 fully saturated rings. The Labute approximate surface area is 136 Å². The molecule has 0 bridgehead atoms. The van der Waals surface area contributed by atoms with Gasteiger partial charge in [0.1, 0.15) is 22.9 Å². The number of benzene rings is 2. The van der Waals surface area contributed by atoms with Crippen LogP contribution in [0.3, 0.4) is 0 Å². The van der Waals surface area contributed by atoms with E-state index in [4.69, 9.17) is 9.84 Å². The molecule has 0 heterocycles. The number of halogens is 2. The minimum atomic E-state index is -4.10. The minimum absolute atomic E-state index is 0.00558. The highest BCUT2D eigenvalue weighted by Gasteiger charge is 2.19. The van der Waals surface area contributed by atoms with Crippen LogP contribution in [-0.4, -0.2) is 26.6 Å². The van der Waals surface area contributed by atoms with Gasteiger partial charge in [-0.1, -0.05) is 6.07 Å². The molecule has 0 saturated carbocycles. The Hall–Kier alpha value is -2.52. The van der Waals surface area contributed by atoms with Crippen molar-refractivity contribution in [3.8, 4) is 5.75 Å². The molecule has 2 N–H and O–H groups in total. The second-order valence-electron chi connectivity index (χ2n) is 4.73. The van der Waals surface area contributed by atoms with E-state index in [0.29, 0.717) is 6.07 Å². The molecule has 0 aliphatic heterocycles. The molecule has 0 radical (unpaired) electrons. The molecule has 0 spiro atoms. The number of carboxylic acid groups (broad SMARTS) is 1. The van der Waals surface area contributed by atoms with Crippen LogP contribution in [0.1, 0.15) is 15.9 Å². The Bertz CT molecular complexity index is 883. The molecular formula is C15H13F2NO5S. The highest BCUT2D eigenvalue weighted by Crippen LogP contribution is 2.22. The number of rotatable bonds is 6. The molecule has 0 aliphatic rings. The number of carboxylic acids is 1. The highest BCUT2D eigenvalue weighted by atomic mass is 32.2. The van der Waals surface area contributed by atoms with E-state index in [9.17, 15) is 22.0 Å². The third kappa shape index (κ3) is 3.87. The standard InChI is InChI=1S/C15H13F2NO5S/c1-23-14-5-4-11(7-12(14)15(19)20)24(21,22)18-8-9-2-3-10(16)6-13(9)17/h2-7,18H,8H2,1H3,(H,19,20). The van der Waals surface area contributed by atoms with Gasteiger partial charge >= 0.3 is 5.97 Å². The largest absolute Gasteiger partial charge is 0.496 e. The summed E-state index contributed by atoms with van der Waals surface area (Å²) in [5, 5.41) is 9.08. The van der Waals surface area contributed by atoms with Gasteiger partial charge in [0.05, 0.1) is 12.0 Å². The van der Waals surface area contributed by atoms with Crippen LogP contribution >= 0.6 is 0 Å². The number of hydrogen-bond donors (Lipinski definition) is 2. The zero-order chi connectivity index (χ0) is 17.9. The summed E-state index contributed by atoms with van der Waals surface area (Å²) in [6.07, 6.45) is 0. The molecule has 128 valence electrons. The Balaban J connectivity index is 2.27. The lowest BCUT2D eigenvalue weighted by Crippen LogP contribution is -2.24. The summed E-state index contributed by atoms with van der Waals surface area (Å²) in [6.45, 7) is -0.414. The topological polar surface area (TPSA) is 92.7 Å². The van der Waals surface area contributed by atoms with Crippen molar-refractivity contribution < 1.29 is 31.8 Å². The quantitative estimate of drug-likeness (QED) is 0.826. The lowest BCUT2D eigenvalue weighted by atomic mass is 10.2. The summed E-state index contributed by atoms with van der Waals surface area (Å²) in [5.74, 6) is -3.02. The van der Waals surface area contributed by atoms with Gasteiger partial charge in [-0.2, -0.15) is 0 Å². The van der Waals surface area contributed by atoms with Gasteiger partial charge < -0.3 is 9.84 Å². The van der Waals surface area contributed by atoms with Crippen LogP contribution in [0.15, 0.2) is 41.3 Å². The summed E-state index contributed by atoms with van der Waals surface area (Å²) in [5.41, 5.74) is -0.375. The second kappa shape index (κ2) is 6.93. The first-order chi connectivity index (χ1) is 11.2. The Morgan fingerprint density at radius 3 is 2.50 bits per heavy atom. The van der Waals surface area contributed by atoms with Crippen molar-refractivity contribution in [2.24, 2.45) is 0 Å². The van der Waals surface area contributed by atoms with Crippen molar-refractivity contribution in [2.75, 3.05) is 7.11 Å². The van der Waals surface area contributed by atoms with Gasteiger partial charge in [-0.3, -0.25) is 0 Å². The summed E-state index contributed by atoms with van der Waals surface area (Å²) in [4.78, 5) is 10.8. The van der Waals surface area contributed by atoms with Crippen LogP contribution in [0.4, 0.5) is 8.78 Å². The van der Waals surface area contributed by atoms with E-state index in [-0.39, 0.29) is 21.8 Å². The van der Waals surface area contributed by atoms with Gasteiger partial charge in [-0.05, 0) is 24.3 Å². The van der Waals surface area contributed by atoms with Crippen LogP contribution in [0.25, 0.3) is 0 Å². The molecule has 0 saturated heterocycles. The van der Waals surface area contributed by atoms with Crippen LogP contribution in [0.2, 0.25) is 0 Å². The lowest BCUT2D eigenvalue weighted by Gasteiger charge is -2.10. The van der Waals surface area contributed by atoms with Gasteiger partial charge in [0.2, 0.25) is 10.0 Å². The first kappa shape index (κ1) is 17.8. The van der Waals surface area contributed by atoms with E-state index in [0.717, 1.165) is 24.3 Å². The average molecular weight is 357 g/mol. The van der Waals surface area contributed by atoms with Gasteiger partial charge in [0.15, 0.2) is 0 Å². The maximum absolute atomic E-state index is 13.5. The normalized spacial score (nSPS) is 11.3. The van der Waals surface area contributed by atoms with Crippen molar-refractivity contribution in [1.82, 2.24) is 4.72 Å². The number of sulfonamides is 1. The van der Waals surface area contributed by atoms with Crippen molar-refractivity contribution in [3.05, 3.63) is 59.2 Å². The Kier molecular flexibility index (Phi) is 5.15. The fraction of sp³-hybridized carbons (Fsp3) is 0.133. The summed E-state index contributed by atoms with van der Waals surface area (Å²) in [6, 6.07) is 6.06. The summed E-state index contributed by atoms with van der Waals surface area (Å²) in [7, 11) is -2.84. The number of ether oxygens (including phenoxy) is 1. The minimum Gasteiger partial charge on any atom is -0.496 e. The third-order valence-electron chi connectivity index (χ3n) is 3.18. The van der Waals surface area contributed by atoms with Gasteiger partial charge in [-0.15, -0.1) is 0 Å². The van der Waals surface area contributed by atoms with E-state index in [2.05, 4.69) is 4.72 Å². The first-order valence-electron chi connectivity index (χ1n) is 6.59. The number of hydrogen-bond acceptors (Lipinski definition) is 4. The molecule has 24 heavy (non-hydrogen) atoms. The molecule has 9 heteroatoms. The van der Waals surface area contributed by atoms with Crippen LogP contribution < -0.4 is 9.46 Å². The molecule has 0 amide bonds. The van der Waals surface area contributed by atoms with E-state index in [1.54, 1.807) is 0 Å². The molecule has 2 rings (SSSR count). The maximum Gasteiger partial charge on any atom is 0.339 e. The highest BCUT2D eigenvalue weighted by molar-refractivity contribution is 7.89. The van der Waals surface area contributed by atoms with Crippen molar-refractivity contribution in [1.29, 1.82) is 0 Å². The molecule has 2 aromatic carbocycles. The molecule has 0 unspecified atom stereocenters. The number of nitrogens with one attached hydrogen (secondary N) is 1. The van der Waals surface area contributed by atoms with Crippen LogP contribution in [0, 0.1) is 11.6 Å². The van der Waals surface area contributed by atoms with E-state index in [1.165, 1.54) is 13.2 Å². The summed E-state index contributed by atoms with van der Waals surface area (Å²) >= 11 is 0. The molecule has 0 atom stereocenters. The SMILES string of the molecule is COc1ccc(S(=O)(=O)NCc2ccc(F)cc2F)cc1C(=O)O. The fourth-order valence-electron chi connectivity index (χ4n) is 1.94. The fourth-order valence-corrected chi connectivity index (χ4v) is 2.97. The Morgan fingerprint density at radius 2 is 1.92 bits per heavy atom. The van der Waals surface area contributed by atoms with E-state index < -0.39 is 34.2 Å². The van der Waals surface area contributed by atoms with Crippen molar-refractivity contribution >= 4 is 16.0 Å². The first-order valence-corrected chi connectivity index (χ1v) is 8.08. The maximum atomic E-state index is 13.5. The average Bonchev–Trinajstić information content (AvgIpc) is 2.53. The molecular weight excluding hydrogens is 344 g/mol.